The molecule has 3 heterocycles. The molecule has 3 aromatic heterocycles. The topological polar surface area (TPSA) is 144 Å². The van der Waals surface area contributed by atoms with E-state index in [-0.39, 0.29) is 15.8 Å². The van der Waals surface area contributed by atoms with Gasteiger partial charge in [-0.3, -0.25) is 14.3 Å². The zero-order valence-corrected chi connectivity index (χ0v) is 26.5. The van der Waals surface area contributed by atoms with Crippen molar-refractivity contribution >= 4 is 32.7 Å². The Morgan fingerprint density at radius 3 is 2.42 bits per heavy atom. The van der Waals surface area contributed by atoms with Crippen molar-refractivity contribution in [2.24, 2.45) is 0 Å². The Morgan fingerprint density at radius 1 is 0.978 bits per heavy atom. The second-order valence-electron chi connectivity index (χ2n) is 11.4. The van der Waals surface area contributed by atoms with E-state index < -0.39 is 33.0 Å². The lowest BCUT2D eigenvalue weighted by Gasteiger charge is -2.24. The van der Waals surface area contributed by atoms with Crippen molar-refractivity contribution in [1.29, 1.82) is 0 Å². The Morgan fingerprint density at radius 2 is 1.73 bits per heavy atom. The van der Waals surface area contributed by atoms with Gasteiger partial charge in [0.2, 0.25) is 16.0 Å². The first-order valence-electron chi connectivity index (χ1n) is 14.5. The van der Waals surface area contributed by atoms with E-state index >= 15 is 0 Å². The highest BCUT2D eigenvalue weighted by atomic mass is 32.2. The fourth-order valence-electron chi connectivity index (χ4n) is 4.90. The minimum Gasteiger partial charge on any atom is -0.359 e. The van der Waals surface area contributed by atoms with Crippen molar-refractivity contribution in [3.8, 4) is 16.8 Å². The highest BCUT2D eigenvalue weighted by molar-refractivity contribution is 7.89. The molecule has 3 N–H and O–H groups in total. The minimum atomic E-state index is -3.88. The fourth-order valence-corrected chi connectivity index (χ4v) is 6.31. The van der Waals surface area contributed by atoms with Gasteiger partial charge in [-0.1, -0.05) is 31.2 Å². The van der Waals surface area contributed by atoms with Gasteiger partial charge in [0.25, 0.3) is 5.56 Å². The van der Waals surface area contributed by atoms with Gasteiger partial charge in [0.1, 0.15) is 27.7 Å². The molecule has 5 aromatic rings. The first kappa shape index (κ1) is 31.7. The number of para-hydroxylation sites is 1. The molecule has 0 fully saturated rings. The Labute approximate surface area is 261 Å². The first-order valence-corrected chi connectivity index (χ1v) is 16.0. The van der Waals surface area contributed by atoms with Crippen molar-refractivity contribution in [3.63, 3.8) is 0 Å². The van der Waals surface area contributed by atoms with Crippen LogP contribution in [0.5, 0.6) is 0 Å². The Bertz CT molecular complexity index is 2010. The van der Waals surface area contributed by atoms with Crippen LogP contribution in [0.15, 0.2) is 82.9 Å². The van der Waals surface area contributed by atoms with Gasteiger partial charge in [-0.05, 0) is 64.4 Å². The summed E-state index contributed by atoms with van der Waals surface area (Å²) >= 11 is 0. The molecule has 0 aliphatic rings. The summed E-state index contributed by atoms with van der Waals surface area (Å²) in [6.07, 6.45) is 4.86. The van der Waals surface area contributed by atoms with Crippen molar-refractivity contribution in [1.82, 2.24) is 29.2 Å². The van der Waals surface area contributed by atoms with Crippen LogP contribution >= 0.6 is 0 Å². The van der Waals surface area contributed by atoms with E-state index in [1.54, 1.807) is 57.3 Å². The number of nitrogens with one attached hydrogen (secondary N) is 3. The second kappa shape index (κ2) is 12.7. The Hall–Kier alpha value is -4.75. The van der Waals surface area contributed by atoms with E-state index in [9.17, 15) is 17.6 Å². The second-order valence-corrected chi connectivity index (χ2v) is 13.1. The molecule has 0 saturated carbocycles. The van der Waals surface area contributed by atoms with E-state index in [1.165, 1.54) is 35.2 Å². The molecule has 0 radical (unpaired) electrons. The lowest BCUT2D eigenvalue weighted by Crippen LogP contribution is -2.40. The Balaban J connectivity index is 1.67. The lowest BCUT2D eigenvalue weighted by molar-refractivity contribution is 0.491. The molecule has 1 unspecified atom stereocenters. The molecule has 0 bridgehead atoms. The molecular weight excluding hydrogens is 595 g/mol. The molecule has 11 nitrogen and oxygen atoms in total. The smallest absolute Gasteiger partial charge is 0.269 e. The number of sulfonamides is 1. The number of pyridine rings is 1. The summed E-state index contributed by atoms with van der Waals surface area (Å²) in [5.41, 5.74) is 0.463. The van der Waals surface area contributed by atoms with E-state index in [0.717, 1.165) is 0 Å². The SMILES string of the molecule is CCNc1ncc(-c2cncc(S(=O)(=O)NC(C)(C)C)c2)c(NC(CC)c2nc3cccc(F)c3c(=O)n2-c2ccccc2)n1. The van der Waals surface area contributed by atoms with Gasteiger partial charge in [-0.2, -0.15) is 4.98 Å². The van der Waals surface area contributed by atoms with Crippen LogP contribution < -0.4 is 20.9 Å². The van der Waals surface area contributed by atoms with Crippen LogP contribution in [0.4, 0.5) is 16.2 Å². The summed E-state index contributed by atoms with van der Waals surface area (Å²) in [5, 5.41) is 6.42. The van der Waals surface area contributed by atoms with Crippen molar-refractivity contribution in [2.45, 2.75) is 57.5 Å². The number of hydrogen-bond donors (Lipinski definition) is 3. The van der Waals surface area contributed by atoms with Gasteiger partial charge in [-0.25, -0.2) is 27.5 Å². The molecule has 45 heavy (non-hydrogen) atoms. The number of nitrogens with zero attached hydrogens (tertiary/aromatic N) is 5. The largest absolute Gasteiger partial charge is 0.359 e. The number of rotatable bonds is 10. The molecule has 1 atom stereocenters. The highest BCUT2D eigenvalue weighted by Gasteiger charge is 2.26. The van der Waals surface area contributed by atoms with E-state index in [1.807, 2.05) is 19.9 Å². The third kappa shape index (κ3) is 6.84. The maximum atomic E-state index is 14.9. The maximum absolute atomic E-state index is 14.9. The molecule has 13 heteroatoms. The quantitative estimate of drug-likeness (QED) is 0.184. The molecule has 2 aromatic carbocycles. The van der Waals surface area contributed by atoms with Gasteiger partial charge < -0.3 is 10.6 Å². The van der Waals surface area contributed by atoms with Gasteiger partial charge in [0.15, 0.2) is 0 Å². The number of anilines is 2. The summed E-state index contributed by atoms with van der Waals surface area (Å²) in [6.45, 7) is 9.67. The summed E-state index contributed by atoms with van der Waals surface area (Å²) in [5.74, 6) is 0.406. The van der Waals surface area contributed by atoms with Crippen LogP contribution in [0.2, 0.25) is 0 Å². The summed E-state index contributed by atoms with van der Waals surface area (Å²) in [4.78, 5) is 32.0. The summed E-state index contributed by atoms with van der Waals surface area (Å²) in [6, 6.07) is 14.2. The van der Waals surface area contributed by atoms with Crippen LogP contribution in [-0.4, -0.2) is 45.0 Å². The number of hydrogen-bond acceptors (Lipinski definition) is 9. The van der Waals surface area contributed by atoms with Crippen LogP contribution in [0.1, 0.15) is 52.9 Å². The average Bonchev–Trinajstić information content (AvgIpc) is 2.99. The molecular formula is C32H35FN8O3S. The molecule has 0 aliphatic heterocycles. The molecule has 0 spiro atoms. The number of benzene rings is 2. The highest BCUT2D eigenvalue weighted by Crippen LogP contribution is 2.32. The van der Waals surface area contributed by atoms with Gasteiger partial charge in [-0.15, -0.1) is 0 Å². The third-order valence-corrected chi connectivity index (χ3v) is 8.54. The summed E-state index contributed by atoms with van der Waals surface area (Å²) < 4.78 is 45.2. The molecule has 234 valence electrons. The normalized spacial score (nSPS) is 12.7. The van der Waals surface area contributed by atoms with Crippen molar-refractivity contribution in [2.75, 3.05) is 17.2 Å². The zero-order valence-electron chi connectivity index (χ0n) is 25.7. The average molecular weight is 631 g/mol. The molecule has 5 rings (SSSR count). The van der Waals surface area contributed by atoms with Gasteiger partial charge in [0.05, 0.1) is 17.2 Å². The zero-order chi connectivity index (χ0) is 32.4. The van der Waals surface area contributed by atoms with E-state index in [2.05, 4.69) is 25.3 Å². The van der Waals surface area contributed by atoms with Crippen LogP contribution in [0, 0.1) is 5.82 Å². The standard InChI is InChI=1S/C32H35FN8O3S/c1-6-25(29-38-26-15-11-14-24(33)27(26)30(42)41(29)21-12-9-8-10-13-21)37-28-23(19-36-31(39-28)35-7-2)20-16-22(18-34-17-20)45(43,44)40-32(3,4)5/h8-19,25,40H,6-7H2,1-5H3,(H2,35,36,37,39). The lowest BCUT2D eigenvalue weighted by atomic mass is 10.1. The molecule has 0 aliphatic carbocycles. The predicted octanol–water partition coefficient (Wildman–Crippen LogP) is 5.45. The van der Waals surface area contributed by atoms with Crippen molar-refractivity contribution < 1.29 is 12.8 Å². The Kier molecular flexibility index (Phi) is 8.94. The molecule has 0 saturated heterocycles. The first-order chi connectivity index (χ1) is 21.4. The number of aromatic nitrogens is 5. The number of halogens is 1. The number of fused-ring (bicyclic) bond motifs is 1. The van der Waals surface area contributed by atoms with Gasteiger partial charge >= 0.3 is 0 Å². The molecule has 0 amide bonds. The van der Waals surface area contributed by atoms with E-state index in [4.69, 9.17) is 9.97 Å². The fraction of sp³-hybridized carbons (Fsp3) is 0.281. The van der Waals surface area contributed by atoms with E-state index in [0.29, 0.717) is 47.4 Å². The van der Waals surface area contributed by atoms with Gasteiger partial charge in [0, 0.05) is 41.8 Å². The predicted molar refractivity (Wildman–Crippen MR) is 173 cm³/mol. The maximum Gasteiger partial charge on any atom is 0.269 e. The van der Waals surface area contributed by atoms with Crippen LogP contribution in [-0.2, 0) is 10.0 Å². The van der Waals surface area contributed by atoms with Crippen molar-refractivity contribution in [3.05, 3.63) is 95.2 Å². The van der Waals surface area contributed by atoms with Crippen LogP contribution in [0.3, 0.4) is 0 Å². The third-order valence-electron chi connectivity index (χ3n) is 6.82. The minimum absolute atomic E-state index is 0.0141. The summed E-state index contributed by atoms with van der Waals surface area (Å²) in [7, 11) is -3.88. The van der Waals surface area contributed by atoms with Crippen LogP contribution in [0.25, 0.3) is 27.7 Å². The monoisotopic (exact) mass is 630 g/mol.